The van der Waals surface area contributed by atoms with E-state index in [0.29, 0.717) is 36.6 Å². The lowest BCUT2D eigenvalue weighted by Crippen LogP contribution is -2.49. The number of hydrogen-bond acceptors (Lipinski definition) is 6. The fourth-order valence-corrected chi connectivity index (χ4v) is 3.89. The molecule has 0 atom stereocenters. The van der Waals surface area contributed by atoms with Crippen LogP contribution in [0, 0.1) is 38.2 Å². The van der Waals surface area contributed by atoms with Crippen LogP contribution >= 0.6 is 0 Å². The summed E-state index contributed by atoms with van der Waals surface area (Å²) in [5, 5.41) is 4.46. The van der Waals surface area contributed by atoms with Gasteiger partial charge in [0.2, 0.25) is 5.82 Å². The van der Waals surface area contributed by atoms with Gasteiger partial charge in [0, 0.05) is 37.9 Å². The second-order valence-corrected chi connectivity index (χ2v) is 7.82. The van der Waals surface area contributed by atoms with Crippen LogP contribution in [0.4, 0.5) is 19.0 Å². The molecular formula is C22H23F3N6O2. The van der Waals surface area contributed by atoms with Crippen LogP contribution in [0.2, 0.25) is 0 Å². The van der Waals surface area contributed by atoms with Crippen molar-refractivity contribution in [3.63, 3.8) is 0 Å². The number of halogens is 3. The maximum Gasteiger partial charge on any atom is 0.257 e. The molecule has 11 heteroatoms. The van der Waals surface area contributed by atoms with E-state index in [4.69, 9.17) is 0 Å². The molecule has 1 fully saturated rings. The Morgan fingerprint density at radius 3 is 2.21 bits per heavy atom. The number of benzene rings is 1. The van der Waals surface area contributed by atoms with E-state index in [1.807, 2.05) is 30.9 Å². The molecule has 4 rings (SSSR count). The number of carbonyl (C=O) groups excluding carboxylic acids is 1. The van der Waals surface area contributed by atoms with E-state index in [1.165, 1.54) is 4.90 Å². The molecule has 1 aliphatic rings. The number of carbonyl (C=O) groups is 1. The van der Waals surface area contributed by atoms with Crippen LogP contribution in [-0.2, 0) is 0 Å². The van der Waals surface area contributed by atoms with Crippen molar-refractivity contribution in [2.24, 2.45) is 0 Å². The second-order valence-electron chi connectivity index (χ2n) is 7.82. The number of anilines is 1. The molecule has 1 aromatic carbocycles. The van der Waals surface area contributed by atoms with Crippen LogP contribution in [-0.4, -0.2) is 63.8 Å². The molecule has 8 nitrogen and oxygen atoms in total. The van der Waals surface area contributed by atoms with Gasteiger partial charge < -0.3 is 14.5 Å². The van der Waals surface area contributed by atoms with E-state index < -0.39 is 34.7 Å². The Kier molecular flexibility index (Phi) is 5.96. The zero-order chi connectivity index (χ0) is 23.9. The zero-order valence-electron chi connectivity index (χ0n) is 18.7. The molecular weight excluding hydrogens is 437 g/mol. The summed E-state index contributed by atoms with van der Waals surface area (Å²) in [6, 6.07) is 4.34. The zero-order valence-corrected chi connectivity index (χ0v) is 18.7. The third kappa shape index (κ3) is 4.22. The molecule has 1 saturated heterocycles. The molecule has 0 N–H and O–H groups in total. The van der Waals surface area contributed by atoms with Crippen LogP contribution in [0.25, 0.3) is 5.82 Å². The molecule has 0 radical (unpaired) electrons. The van der Waals surface area contributed by atoms with Crippen molar-refractivity contribution >= 4 is 11.7 Å². The standard InChI is InChI=1S/C22H23F3N6O2/c1-12-9-13(2)31(28-12)18-11-17(26-14(3)27-18)29-5-7-30(8-6-29)22(32)15-10-16(23)20(25)21(33-4)19(15)24/h9-11H,5-8H2,1-4H3. The molecule has 0 saturated carbocycles. The minimum atomic E-state index is -1.46. The third-order valence-electron chi connectivity index (χ3n) is 5.48. The number of amides is 1. The molecule has 1 amide bonds. The minimum Gasteiger partial charge on any atom is -0.491 e. The van der Waals surface area contributed by atoms with Gasteiger partial charge in [-0.25, -0.2) is 23.4 Å². The molecule has 0 bridgehead atoms. The van der Waals surface area contributed by atoms with Crippen molar-refractivity contribution in [2.75, 3.05) is 38.2 Å². The molecule has 0 aliphatic carbocycles. The van der Waals surface area contributed by atoms with Crippen molar-refractivity contribution < 1.29 is 22.7 Å². The van der Waals surface area contributed by atoms with Gasteiger partial charge in [-0.15, -0.1) is 0 Å². The summed E-state index contributed by atoms with van der Waals surface area (Å²) in [6.45, 7) is 6.96. The summed E-state index contributed by atoms with van der Waals surface area (Å²) in [5.74, 6) is -3.78. The summed E-state index contributed by atoms with van der Waals surface area (Å²) >= 11 is 0. The first-order valence-electron chi connectivity index (χ1n) is 10.3. The topological polar surface area (TPSA) is 76.4 Å². The Labute approximate surface area is 188 Å². The molecule has 1 aliphatic heterocycles. The number of methoxy groups -OCH3 is 1. The van der Waals surface area contributed by atoms with Gasteiger partial charge in [-0.05, 0) is 32.9 Å². The van der Waals surface area contributed by atoms with Gasteiger partial charge >= 0.3 is 0 Å². The highest BCUT2D eigenvalue weighted by Crippen LogP contribution is 2.28. The number of aryl methyl sites for hydroxylation is 3. The van der Waals surface area contributed by atoms with E-state index in [9.17, 15) is 18.0 Å². The van der Waals surface area contributed by atoms with Crippen LogP contribution in [0.3, 0.4) is 0 Å². The number of rotatable bonds is 4. The molecule has 0 spiro atoms. The Bertz CT molecular complexity index is 1220. The van der Waals surface area contributed by atoms with Gasteiger partial charge in [0.05, 0.1) is 18.4 Å². The average molecular weight is 460 g/mol. The van der Waals surface area contributed by atoms with Gasteiger partial charge in [-0.1, -0.05) is 0 Å². The van der Waals surface area contributed by atoms with Gasteiger partial charge in [-0.3, -0.25) is 4.79 Å². The second kappa shape index (κ2) is 8.72. The molecule has 0 unspecified atom stereocenters. The Morgan fingerprint density at radius 2 is 1.61 bits per heavy atom. The number of hydrogen-bond donors (Lipinski definition) is 0. The molecule has 3 aromatic rings. The van der Waals surface area contributed by atoms with E-state index in [0.717, 1.165) is 18.5 Å². The predicted molar refractivity (Wildman–Crippen MR) is 114 cm³/mol. The lowest BCUT2D eigenvalue weighted by molar-refractivity contribution is 0.0740. The highest BCUT2D eigenvalue weighted by molar-refractivity contribution is 5.95. The lowest BCUT2D eigenvalue weighted by atomic mass is 10.1. The van der Waals surface area contributed by atoms with Gasteiger partial charge in [0.1, 0.15) is 11.6 Å². The quantitative estimate of drug-likeness (QED) is 0.558. The molecule has 2 aromatic heterocycles. The van der Waals surface area contributed by atoms with Crippen LogP contribution < -0.4 is 9.64 Å². The summed E-state index contributed by atoms with van der Waals surface area (Å²) in [6.07, 6.45) is 0. The van der Waals surface area contributed by atoms with E-state index in [-0.39, 0.29) is 13.1 Å². The van der Waals surface area contributed by atoms with E-state index in [2.05, 4.69) is 19.8 Å². The summed E-state index contributed by atoms with van der Waals surface area (Å²) in [7, 11) is 1.01. The summed E-state index contributed by atoms with van der Waals surface area (Å²) in [5.41, 5.74) is 1.25. The van der Waals surface area contributed by atoms with Gasteiger partial charge in [0.15, 0.2) is 23.2 Å². The van der Waals surface area contributed by atoms with E-state index in [1.54, 1.807) is 11.6 Å². The largest absolute Gasteiger partial charge is 0.491 e. The molecule has 174 valence electrons. The number of aromatic nitrogens is 4. The van der Waals surface area contributed by atoms with Crippen molar-refractivity contribution in [3.05, 3.63) is 58.4 Å². The maximum absolute atomic E-state index is 14.5. The highest BCUT2D eigenvalue weighted by Gasteiger charge is 2.29. The van der Waals surface area contributed by atoms with Crippen molar-refractivity contribution in [1.29, 1.82) is 0 Å². The third-order valence-corrected chi connectivity index (χ3v) is 5.48. The smallest absolute Gasteiger partial charge is 0.257 e. The number of piperazine rings is 1. The van der Waals surface area contributed by atoms with Crippen LogP contribution in [0.15, 0.2) is 18.2 Å². The van der Waals surface area contributed by atoms with Crippen molar-refractivity contribution in [2.45, 2.75) is 20.8 Å². The van der Waals surface area contributed by atoms with Crippen LogP contribution in [0.1, 0.15) is 27.6 Å². The lowest BCUT2D eigenvalue weighted by Gasteiger charge is -2.35. The predicted octanol–water partition coefficient (Wildman–Crippen LogP) is 2.98. The highest BCUT2D eigenvalue weighted by atomic mass is 19.2. The number of nitrogens with zero attached hydrogens (tertiary/aromatic N) is 6. The Morgan fingerprint density at radius 1 is 0.939 bits per heavy atom. The van der Waals surface area contributed by atoms with Crippen molar-refractivity contribution in [3.8, 4) is 11.6 Å². The summed E-state index contributed by atoms with van der Waals surface area (Å²) in [4.78, 5) is 25.2. The number of ether oxygens (including phenoxy) is 1. The fraction of sp³-hybridized carbons (Fsp3) is 0.364. The van der Waals surface area contributed by atoms with E-state index >= 15 is 0 Å². The van der Waals surface area contributed by atoms with Gasteiger partial charge in [0.25, 0.3) is 5.91 Å². The monoisotopic (exact) mass is 460 g/mol. The van der Waals surface area contributed by atoms with Gasteiger partial charge in [-0.2, -0.15) is 9.49 Å². The fourth-order valence-electron chi connectivity index (χ4n) is 3.89. The molecule has 3 heterocycles. The van der Waals surface area contributed by atoms with Crippen LogP contribution in [0.5, 0.6) is 5.75 Å². The Hall–Kier alpha value is -3.63. The van der Waals surface area contributed by atoms with Crippen molar-refractivity contribution in [1.82, 2.24) is 24.6 Å². The Balaban J connectivity index is 1.53. The molecule has 33 heavy (non-hydrogen) atoms. The first kappa shape index (κ1) is 22.6. The first-order chi connectivity index (χ1) is 15.7. The first-order valence-corrected chi connectivity index (χ1v) is 10.3. The minimum absolute atomic E-state index is 0.248. The maximum atomic E-state index is 14.5. The normalized spacial score (nSPS) is 14.0. The average Bonchev–Trinajstić information content (AvgIpc) is 3.14. The summed E-state index contributed by atoms with van der Waals surface area (Å²) < 4.78 is 48.4. The SMILES string of the molecule is COc1c(F)c(F)cc(C(=O)N2CCN(c3cc(-n4nc(C)cc4C)nc(C)n3)CC2)c1F.